The Labute approximate surface area is 181 Å². The van der Waals surface area contributed by atoms with Gasteiger partial charge in [-0.2, -0.15) is 4.37 Å². The van der Waals surface area contributed by atoms with Crippen LogP contribution in [0, 0.1) is 0 Å². The fourth-order valence-electron chi connectivity index (χ4n) is 4.76. The minimum atomic E-state index is -0.102. The van der Waals surface area contributed by atoms with Gasteiger partial charge in [-0.3, -0.25) is 9.69 Å². The highest BCUT2D eigenvalue weighted by molar-refractivity contribution is 7.13. The third kappa shape index (κ3) is 3.59. The summed E-state index contributed by atoms with van der Waals surface area (Å²) >= 11 is 1.59. The lowest BCUT2D eigenvalue weighted by Crippen LogP contribution is -2.47. The highest BCUT2D eigenvalue weighted by Crippen LogP contribution is 2.39. The van der Waals surface area contributed by atoms with Crippen LogP contribution in [0.15, 0.2) is 42.5 Å². The second-order valence-electron chi connectivity index (χ2n) is 9.03. The first-order valence-corrected chi connectivity index (χ1v) is 11.5. The van der Waals surface area contributed by atoms with Crippen LogP contribution in [-0.4, -0.2) is 47.9 Å². The van der Waals surface area contributed by atoms with E-state index in [4.69, 9.17) is 4.37 Å². The van der Waals surface area contributed by atoms with E-state index in [0.717, 1.165) is 50.6 Å². The Bertz CT molecular complexity index is 1080. The van der Waals surface area contributed by atoms with Gasteiger partial charge in [-0.15, -0.1) is 0 Å². The third-order valence-electron chi connectivity index (χ3n) is 6.47. The summed E-state index contributed by atoms with van der Waals surface area (Å²) in [6, 6.07) is 15.0. The average molecular weight is 421 g/mol. The van der Waals surface area contributed by atoms with E-state index >= 15 is 0 Å². The number of amides is 1. The van der Waals surface area contributed by atoms with Crippen LogP contribution in [0.25, 0.3) is 10.1 Å². The summed E-state index contributed by atoms with van der Waals surface area (Å²) in [6.07, 6.45) is 1.51. The van der Waals surface area contributed by atoms with Crippen molar-refractivity contribution < 1.29 is 4.79 Å². The summed E-state index contributed by atoms with van der Waals surface area (Å²) in [4.78, 5) is 17.2. The summed E-state index contributed by atoms with van der Waals surface area (Å²) in [5.41, 5.74) is 3.46. The molecule has 2 aromatic carbocycles. The van der Waals surface area contributed by atoms with Crippen molar-refractivity contribution in [3.63, 3.8) is 0 Å². The number of fused-ring (bicyclic) bond motifs is 2. The van der Waals surface area contributed by atoms with E-state index in [1.165, 1.54) is 21.2 Å². The molecule has 30 heavy (non-hydrogen) atoms. The summed E-state index contributed by atoms with van der Waals surface area (Å²) in [6.45, 7) is 9.43. The van der Waals surface area contributed by atoms with Crippen molar-refractivity contribution in [1.29, 1.82) is 0 Å². The van der Waals surface area contributed by atoms with E-state index in [0.29, 0.717) is 6.42 Å². The number of carbonyl (C=O) groups excluding carboxylic acids is 1. The summed E-state index contributed by atoms with van der Waals surface area (Å²) in [5, 5.41) is 4.41. The molecule has 0 saturated carbocycles. The van der Waals surface area contributed by atoms with Gasteiger partial charge in [-0.25, -0.2) is 0 Å². The smallest absolute Gasteiger partial charge is 0.225 e. The molecule has 2 aliphatic heterocycles. The van der Waals surface area contributed by atoms with Crippen molar-refractivity contribution in [3.05, 3.63) is 53.6 Å². The number of carbonyl (C=O) groups is 1. The lowest BCUT2D eigenvalue weighted by molar-refractivity contribution is -0.117. The Morgan fingerprint density at radius 1 is 1.07 bits per heavy atom. The molecule has 1 N–H and O–H groups in total. The van der Waals surface area contributed by atoms with Crippen molar-refractivity contribution in [3.8, 4) is 0 Å². The van der Waals surface area contributed by atoms with Gasteiger partial charge in [0.15, 0.2) is 0 Å². The molecule has 1 amide bonds. The van der Waals surface area contributed by atoms with Crippen LogP contribution >= 0.6 is 11.5 Å². The molecule has 2 aliphatic rings. The molecule has 0 spiro atoms. The Hall–Kier alpha value is -2.44. The number of anilines is 2. The minimum absolute atomic E-state index is 0.102. The Morgan fingerprint density at radius 2 is 1.87 bits per heavy atom. The van der Waals surface area contributed by atoms with Crippen LogP contribution in [-0.2, 0) is 16.6 Å². The molecule has 0 radical (unpaired) electrons. The molecule has 0 unspecified atom stereocenters. The lowest BCUT2D eigenvalue weighted by Gasteiger charge is -2.36. The quantitative estimate of drug-likeness (QED) is 0.684. The van der Waals surface area contributed by atoms with Crippen LogP contribution in [0.2, 0.25) is 0 Å². The predicted molar refractivity (Wildman–Crippen MR) is 125 cm³/mol. The molecule has 3 aromatic rings. The van der Waals surface area contributed by atoms with Gasteiger partial charge in [0.25, 0.3) is 0 Å². The number of piperazine rings is 1. The van der Waals surface area contributed by atoms with Crippen molar-refractivity contribution in [2.45, 2.75) is 32.1 Å². The SMILES string of the molecule is CC1(C)CC(=O)Nc2c(CCN3CCN(c4nsc5ccccc45)CC3)cccc21. The van der Waals surface area contributed by atoms with Crippen LogP contribution in [0.3, 0.4) is 0 Å². The molecule has 0 aliphatic carbocycles. The molecular formula is C24H28N4OS. The second-order valence-corrected chi connectivity index (χ2v) is 9.83. The number of para-hydroxylation sites is 1. The van der Waals surface area contributed by atoms with Crippen molar-refractivity contribution in [1.82, 2.24) is 9.27 Å². The van der Waals surface area contributed by atoms with E-state index in [2.05, 4.69) is 71.4 Å². The number of nitrogens with one attached hydrogen (secondary N) is 1. The highest BCUT2D eigenvalue weighted by atomic mass is 32.1. The summed E-state index contributed by atoms with van der Waals surface area (Å²) < 4.78 is 5.97. The van der Waals surface area contributed by atoms with Crippen molar-refractivity contribution >= 4 is 39.0 Å². The molecule has 0 bridgehead atoms. The summed E-state index contributed by atoms with van der Waals surface area (Å²) in [7, 11) is 0. The first-order chi connectivity index (χ1) is 14.5. The Balaban J connectivity index is 1.24. The molecule has 6 heteroatoms. The first kappa shape index (κ1) is 19.5. The molecule has 5 rings (SSSR count). The van der Waals surface area contributed by atoms with Gasteiger partial charge in [0.05, 0.1) is 4.70 Å². The highest BCUT2D eigenvalue weighted by Gasteiger charge is 2.33. The van der Waals surface area contributed by atoms with E-state index < -0.39 is 0 Å². The third-order valence-corrected chi connectivity index (χ3v) is 7.29. The largest absolute Gasteiger partial charge is 0.353 e. The Morgan fingerprint density at radius 3 is 2.70 bits per heavy atom. The monoisotopic (exact) mass is 420 g/mol. The van der Waals surface area contributed by atoms with Crippen molar-refractivity contribution in [2.75, 3.05) is 42.9 Å². The number of rotatable bonds is 4. The maximum atomic E-state index is 12.2. The van der Waals surface area contributed by atoms with Crippen molar-refractivity contribution in [2.24, 2.45) is 0 Å². The second kappa shape index (κ2) is 7.67. The zero-order valence-corrected chi connectivity index (χ0v) is 18.5. The van der Waals surface area contributed by atoms with Crippen LogP contribution < -0.4 is 10.2 Å². The van der Waals surface area contributed by atoms with E-state index in [1.807, 2.05) is 0 Å². The molecule has 156 valence electrons. The van der Waals surface area contributed by atoms with Gasteiger partial charge in [0.2, 0.25) is 5.91 Å². The van der Waals surface area contributed by atoms with Crippen LogP contribution in [0.4, 0.5) is 11.5 Å². The maximum absolute atomic E-state index is 12.2. The zero-order chi connectivity index (χ0) is 20.7. The number of aromatic nitrogens is 1. The molecular weight excluding hydrogens is 392 g/mol. The van der Waals surface area contributed by atoms with Gasteiger partial charge < -0.3 is 10.2 Å². The number of hydrogen-bond donors (Lipinski definition) is 1. The number of benzene rings is 2. The predicted octanol–water partition coefficient (Wildman–Crippen LogP) is 4.28. The fraction of sp³-hybridized carbons (Fsp3) is 0.417. The lowest BCUT2D eigenvalue weighted by atomic mass is 9.77. The zero-order valence-electron chi connectivity index (χ0n) is 17.6. The van der Waals surface area contributed by atoms with Crippen LogP contribution in [0.1, 0.15) is 31.4 Å². The van der Waals surface area contributed by atoms with Gasteiger partial charge in [-0.1, -0.05) is 44.2 Å². The fourth-order valence-corrected chi connectivity index (χ4v) is 5.56. The van der Waals surface area contributed by atoms with Crippen LogP contribution in [0.5, 0.6) is 0 Å². The number of hydrogen-bond acceptors (Lipinski definition) is 5. The minimum Gasteiger partial charge on any atom is -0.353 e. The molecule has 1 aromatic heterocycles. The standard InChI is InChI=1S/C24H28N4OS/c1-24(2)16-21(29)25-22-17(6-5-8-19(22)24)10-11-27-12-14-28(15-13-27)23-18-7-3-4-9-20(18)30-26-23/h3-9H,10-16H2,1-2H3,(H,25,29). The first-order valence-electron chi connectivity index (χ1n) is 10.8. The summed E-state index contributed by atoms with van der Waals surface area (Å²) in [5.74, 6) is 1.27. The Kier molecular flexibility index (Phi) is 4.99. The van der Waals surface area contributed by atoms with Gasteiger partial charge in [0.1, 0.15) is 5.82 Å². The van der Waals surface area contributed by atoms with Gasteiger partial charge in [0, 0.05) is 55.6 Å². The number of nitrogens with zero attached hydrogens (tertiary/aromatic N) is 3. The molecule has 0 atom stereocenters. The average Bonchev–Trinajstić information content (AvgIpc) is 3.16. The van der Waals surface area contributed by atoms with Gasteiger partial charge >= 0.3 is 0 Å². The molecule has 5 nitrogen and oxygen atoms in total. The topological polar surface area (TPSA) is 48.5 Å². The van der Waals surface area contributed by atoms with Gasteiger partial charge in [-0.05, 0) is 41.2 Å². The molecule has 3 heterocycles. The van der Waals surface area contributed by atoms with E-state index in [9.17, 15) is 4.79 Å². The van der Waals surface area contributed by atoms with E-state index in [1.54, 1.807) is 11.5 Å². The normalized spacial score (nSPS) is 19.0. The van der Waals surface area contributed by atoms with E-state index in [-0.39, 0.29) is 11.3 Å². The molecule has 1 fully saturated rings. The molecule has 1 saturated heterocycles. The maximum Gasteiger partial charge on any atom is 0.225 e.